The van der Waals surface area contributed by atoms with Gasteiger partial charge < -0.3 is 10.6 Å². The summed E-state index contributed by atoms with van der Waals surface area (Å²) in [5.41, 5.74) is -0.886. The first kappa shape index (κ1) is 26.4. The van der Waals surface area contributed by atoms with Crippen molar-refractivity contribution in [1.82, 2.24) is 15.0 Å². The number of nitrogens with one attached hydrogen (secondary N) is 2. The summed E-state index contributed by atoms with van der Waals surface area (Å²) in [6, 6.07) is 5.06. The molecule has 0 amide bonds. The Hall–Kier alpha value is -3.64. The van der Waals surface area contributed by atoms with Gasteiger partial charge in [-0.05, 0) is 54.7 Å². The van der Waals surface area contributed by atoms with Gasteiger partial charge in [-0.2, -0.15) is 31.3 Å². The van der Waals surface area contributed by atoms with Gasteiger partial charge in [0, 0.05) is 12.5 Å². The quantitative estimate of drug-likeness (QED) is 0.316. The largest absolute Gasteiger partial charge is 0.416 e. The standard InChI is InChI=1S/C22H18F6N6O2S/c23-21(24,25)11-31-19-18-17(6-5-15(32-18)4-3-12-1-2-12)33-20(34-19)30-10-13-7-14(22(26,27)28)9-16(8-13)37(29,35)36/h5-9,12H,1-2,10-11H2,(H2,29,35,36)(H2,30,31,33,34). The molecule has 0 spiro atoms. The number of nitrogens with two attached hydrogens (primary N) is 1. The van der Waals surface area contributed by atoms with E-state index >= 15 is 0 Å². The molecule has 1 saturated carbocycles. The van der Waals surface area contributed by atoms with Crippen LogP contribution in [0.2, 0.25) is 0 Å². The lowest BCUT2D eigenvalue weighted by Gasteiger charge is -2.14. The number of alkyl halides is 6. The smallest absolute Gasteiger partial charge is 0.359 e. The Labute approximate surface area is 206 Å². The maximum Gasteiger partial charge on any atom is 0.416 e. The van der Waals surface area contributed by atoms with Gasteiger partial charge in [-0.15, -0.1) is 0 Å². The van der Waals surface area contributed by atoms with Crippen LogP contribution in [0.5, 0.6) is 0 Å². The molecule has 0 atom stereocenters. The number of rotatable bonds is 6. The third kappa shape index (κ3) is 7.20. The molecule has 4 N–H and O–H groups in total. The van der Waals surface area contributed by atoms with Gasteiger partial charge >= 0.3 is 12.4 Å². The van der Waals surface area contributed by atoms with Crippen LogP contribution in [0.25, 0.3) is 11.0 Å². The van der Waals surface area contributed by atoms with Crippen LogP contribution in [0.15, 0.2) is 35.2 Å². The lowest BCUT2D eigenvalue weighted by atomic mass is 10.1. The molecule has 8 nitrogen and oxygen atoms in total. The number of sulfonamides is 1. The van der Waals surface area contributed by atoms with E-state index in [9.17, 15) is 34.8 Å². The van der Waals surface area contributed by atoms with Crippen LogP contribution in [0.4, 0.5) is 38.1 Å². The molecule has 0 unspecified atom stereocenters. The van der Waals surface area contributed by atoms with Gasteiger partial charge in [-0.1, -0.05) is 5.92 Å². The molecule has 2 aromatic heterocycles. The van der Waals surface area contributed by atoms with Crippen molar-refractivity contribution in [1.29, 1.82) is 0 Å². The van der Waals surface area contributed by atoms with E-state index in [2.05, 4.69) is 37.4 Å². The molecule has 1 fully saturated rings. The van der Waals surface area contributed by atoms with Gasteiger partial charge in [0.2, 0.25) is 16.0 Å². The van der Waals surface area contributed by atoms with E-state index in [1.165, 1.54) is 12.1 Å². The summed E-state index contributed by atoms with van der Waals surface area (Å²) in [5.74, 6) is 5.63. The van der Waals surface area contributed by atoms with Crippen molar-refractivity contribution in [2.24, 2.45) is 11.1 Å². The summed E-state index contributed by atoms with van der Waals surface area (Å²) >= 11 is 0. The van der Waals surface area contributed by atoms with Gasteiger partial charge in [0.25, 0.3) is 0 Å². The van der Waals surface area contributed by atoms with Crippen LogP contribution in [0.1, 0.15) is 29.7 Å². The van der Waals surface area contributed by atoms with Crippen molar-refractivity contribution in [2.45, 2.75) is 36.6 Å². The fourth-order valence-electron chi connectivity index (χ4n) is 3.15. The molecule has 3 aromatic rings. The second-order valence-electron chi connectivity index (χ2n) is 8.23. The molecular weight excluding hydrogens is 526 g/mol. The number of aromatic nitrogens is 3. The highest BCUT2D eigenvalue weighted by Gasteiger charge is 2.32. The zero-order chi connectivity index (χ0) is 27.0. The maximum absolute atomic E-state index is 13.2. The molecule has 1 aromatic carbocycles. The summed E-state index contributed by atoms with van der Waals surface area (Å²) in [6.07, 6.45) is -7.48. The fourth-order valence-corrected chi connectivity index (χ4v) is 3.75. The van der Waals surface area contributed by atoms with E-state index in [0.717, 1.165) is 18.9 Å². The molecule has 2 heterocycles. The lowest BCUT2D eigenvalue weighted by molar-refractivity contribution is -0.137. The maximum atomic E-state index is 13.2. The molecule has 0 saturated heterocycles. The number of hydrogen-bond donors (Lipinski definition) is 3. The van der Waals surface area contributed by atoms with Gasteiger partial charge in [-0.25, -0.2) is 23.5 Å². The molecular formula is C22H18F6N6O2S. The number of benzene rings is 1. The SMILES string of the molecule is NS(=O)(=O)c1cc(CNc2nc(NCC(F)(F)F)c3nc(C#CC4CC4)ccc3n2)cc(C(F)(F)F)c1. The highest BCUT2D eigenvalue weighted by Crippen LogP contribution is 2.32. The molecule has 0 aliphatic heterocycles. The molecule has 196 valence electrons. The topological polar surface area (TPSA) is 123 Å². The second kappa shape index (κ2) is 9.67. The van der Waals surface area contributed by atoms with Crippen molar-refractivity contribution in [3.05, 3.63) is 47.2 Å². The molecule has 37 heavy (non-hydrogen) atoms. The average Bonchev–Trinajstić information content (AvgIpc) is 3.62. The number of fused-ring (bicyclic) bond motifs is 1. The van der Waals surface area contributed by atoms with Gasteiger partial charge in [0.1, 0.15) is 17.8 Å². The molecule has 15 heteroatoms. The normalized spacial score (nSPS) is 14.2. The van der Waals surface area contributed by atoms with Crippen LogP contribution < -0.4 is 15.8 Å². The van der Waals surface area contributed by atoms with Crippen LogP contribution in [0.3, 0.4) is 0 Å². The Balaban J connectivity index is 1.67. The van der Waals surface area contributed by atoms with Crippen molar-refractivity contribution in [3.8, 4) is 11.8 Å². The molecule has 1 aliphatic carbocycles. The predicted octanol–water partition coefficient (Wildman–Crippen LogP) is 4.04. The lowest BCUT2D eigenvalue weighted by Crippen LogP contribution is -2.22. The summed E-state index contributed by atoms with van der Waals surface area (Å²) < 4.78 is 102. The average molecular weight is 544 g/mol. The number of halogens is 6. The van der Waals surface area contributed by atoms with Crippen LogP contribution in [-0.4, -0.2) is 36.1 Å². The Morgan fingerprint density at radius 2 is 1.73 bits per heavy atom. The van der Waals surface area contributed by atoms with Crippen molar-refractivity contribution < 1.29 is 34.8 Å². The van der Waals surface area contributed by atoms with Gasteiger partial charge in [0.15, 0.2) is 5.82 Å². The minimum atomic E-state index is -4.85. The van der Waals surface area contributed by atoms with E-state index in [0.29, 0.717) is 17.8 Å². The third-order valence-electron chi connectivity index (χ3n) is 5.05. The van der Waals surface area contributed by atoms with Crippen LogP contribution in [0, 0.1) is 17.8 Å². The number of primary sulfonamides is 1. The predicted molar refractivity (Wildman–Crippen MR) is 122 cm³/mol. The first-order valence-electron chi connectivity index (χ1n) is 10.7. The van der Waals surface area contributed by atoms with E-state index in [-0.39, 0.29) is 34.3 Å². The summed E-state index contributed by atoms with van der Waals surface area (Å²) in [7, 11) is -4.45. The Morgan fingerprint density at radius 1 is 1.00 bits per heavy atom. The second-order valence-corrected chi connectivity index (χ2v) is 9.80. The van der Waals surface area contributed by atoms with Crippen molar-refractivity contribution >= 4 is 32.8 Å². The molecule has 0 radical (unpaired) electrons. The van der Waals surface area contributed by atoms with E-state index in [1.807, 2.05) is 0 Å². The summed E-state index contributed by atoms with van der Waals surface area (Å²) in [4.78, 5) is 11.7. The number of anilines is 2. The first-order chi connectivity index (χ1) is 17.2. The van der Waals surface area contributed by atoms with Crippen molar-refractivity contribution in [2.75, 3.05) is 17.2 Å². The third-order valence-corrected chi connectivity index (χ3v) is 5.95. The first-order valence-corrected chi connectivity index (χ1v) is 12.2. The zero-order valence-electron chi connectivity index (χ0n) is 18.7. The number of hydrogen-bond acceptors (Lipinski definition) is 7. The minimum absolute atomic E-state index is 0.0213. The molecule has 0 bridgehead atoms. The van der Waals surface area contributed by atoms with Gasteiger partial charge in [0.05, 0.1) is 16.0 Å². The zero-order valence-corrected chi connectivity index (χ0v) is 19.5. The van der Waals surface area contributed by atoms with Gasteiger partial charge in [-0.3, -0.25) is 0 Å². The highest BCUT2D eigenvalue weighted by molar-refractivity contribution is 7.89. The van der Waals surface area contributed by atoms with E-state index in [4.69, 9.17) is 5.14 Å². The van der Waals surface area contributed by atoms with E-state index in [1.54, 1.807) is 0 Å². The summed E-state index contributed by atoms with van der Waals surface area (Å²) in [6.45, 7) is -1.82. The van der Waals surface area contributed by atoms with Crippen molar-refractivity contribution in [3.63, 3.8) is 0 Å². The monoisotopic (exact) mass is 544 g/mol. The highest BCUT2D eigenvalue weighted by atomic mass is 32.2. The van der Waals surface area contributed by atoms with E-state index < -0.39 is 45.9 Å². The number of pyridine rings is 1. The fraction of sp³-hybridized carbons (Fsp3) is 0.318. The molecule has 1 aliphatic rings. The Kier molecular flexibility index (Phi) is 6.91. The Morgan fingerprint density at radius 3 is 2.35 bits per heavy atom. The Bertz CT molecular complexity index is 1510. The number of nitrogens with zero attached hydrogens (tertiary/aromatic N) is 3. The minimum Gasteiger partial charge on any atom is -0.359 e. The van der Waals surface area contributed by atoms with Crippen LogP contribution >= 0.6 is 0 Å². The summed E-state index contributed by atoms with van der Waals surface area (Å²) in [5, 5.41) is 9.76. The molecule has 4 rings (SSSR count). The van der Waals surface area contributed by atoms with Crippen LogP contribution in [-0.2, 0) is 22.7 Å².